The van der Waals surface area contributed by atoms with Crippen molar-refractivity contribution in [1.82, 2.24) is 9.78 Å². The Morgan fingerprint density at radius 3 is 2.71 bits per heavy atom. The van der Waals surface area contributed by atoms with Crippen molar-refractivity contribution in [3.63, 3.8) is 0 Å². The fraction of sp³-hybridized carbons (Fsp3) is 0.235. The van der Waals surface area contributed by atoms with Crippen molar-refractivity contribution in [1.29, 1.82) is 0 Å². The van der Waals surface area contributed by atoms with E-state index in [0.717, 1.165) is 22.2 Å². The molecule has 0 spiro atoms. The van der Waals surface area contributed by atoms with Gasteiger partial charge in [0.1, 0.15) is 0 Å². The average Bonchev–Trinajstić information content (AvgIpc) is 2.75. The Kier molecular flexibility index (Phi) is 3.47. The molecule has 0 aliphatic rings. The average molecular weight is 301 g/mol. The van der Waals surface area contributed by atoms with Gasteiger partial charge >= 0.3 is 0 Å². The predicted molar refractivity (Wildman–Crippen MR) is 85.4 cm³/mol. The van der Waals surface area contributed by atoms with E-state index in [2.05, 4.69) is 5.10 Å². The van der Waals surface area contributed by atoms with E-state index < -0.39 is 5.60 Å². The maximum atomic E-state index is 10.8. The van der Waals surface area contributed by atoms with Gasteiger partial charge in [0.25, 0.3) is 0 Å². The summed E-state index contributed by atoms with van der Waals surface area (Å²) in [6.07, 6.45) is 0.439. The number of hydrogen-bond donors (Lipinski definition) is 1. The van der Waals surface area contributed by atoms with Crippen LogP contribution in [0.5, 0.6) is 0 Å². The summed E-state index contributed by atoms with van der Waals surface area (Å²) in [6.45, 7) is 1.79. The Hall–Kier alpha value is -1.84. The summed E-state index contributed by atoms with van der Waals surface area (Å²) in [5.74, 6) is 0. The van der Waals surface area contributed by atoms with Gasteiger partial charge in [-0.15, -0.1) is 0 Å². The van der Waals surface area contributed by atoms with E-state index in [1.807, 2.05) is 48.1 Å². The predicted octanol–water partition coefficient (Wildman–Crippen LogP) is 3.68. The number of nitrogens with zero attached hydrogens (tertiary/aromatic N) is 2. The standard InChI is InChI=1S/C17H17ClN2O/c1-17(21,12-6-5-7-13(18)10-12)11-15-14-8-3-4-9-16(14)20(2)19-15/h3-10,21H,11H2,1-2H3. The molecule has 1 unspecified atom stereocenters. The highest BCUT2D eigenvalue weighted by Crippen LogP contribution is 2.29. The lowest BCUT2D eigenvalue weighted by Gasteiger charge is -2.23. The molecule has 0 saturated carbocycles. The van der Waals surface area contributed by atoms with Crippen LogP contribution in [0.25, 0.3) is 10.9 Å². The molecule has 0 saturated heterocycles. The molecule has 1 heterocycles. The van der Waals surface area contributed by atoms with E-state index in [0.29, 0.717) is 11.4 Å². The van der Waals surface area contributed by atoms with Gasteiger partial charge in [0.2, 0.25) is 0 Å². The normalized spacial score (nSPS) is 14.3. The summed E-state index contributed by atoms with van der Waals surface area (Å²) in [5.41, 5.74) is 1.74. The minimum atomic E-state index is -1.01. The summed E-state index contributed by atoms with van der Waals surface area (Å²) < 4.78 is 1.85. The van der Waals surface area contributed by atoms with Gasteiger partial charge < -0.3 is 5.11 Å². The second kappa shape index (κ2) is 5.17. The molecule has 4 heteroatoms. The lowest BCUT2D eigenvalue weighted by atomic mass is 9.90. The zero-order chi connectivity index (χ0) is 15.0. The molecule has 0 aliphatic carbocycles. The molecule has 21 heavy (non-hydrogen) atoms. The fourth-order valence-electron chi connectivity index (χ4n) is 2.67. The molecule has 108 valence electrons. The van der Waals surface area contributed by atoms with Gasteiger partial charge in [-0.1, -0.05) is 41.9 Å². The molecule has 0 aliphatic heterocycles. The monoisotopic (exact) mass is 300 g/mol. The summed E-state index contributed by atoms with van der Waals surface area (Å²) in [4.78, 5) is 0. The van der Waals surface area contributed by atoms with Crippen molar-refractivity contribution in [3.05, 3.63) is 64.8 Å². The third-order valence-electron chi connectivity index (χ3n) is 3.79. The molecule has 3 rings (SSSR count). The van der Waals surface area contributed by atoms with Crippen molar-refractivity contribution in [2.45, 2.75) is 18.9 Å². The number of fused-ring (bicyclic) bond motifs is 1. The second-order valence-corrected chi connectivity index (χ2v) is 5.98. The number of para-hydroxylation sites is 1. The van der Waals surface area contributed by atoms with Gasteiger partial charge in [-0.3, -0.25) is 4.68 Å². The zero-order valence-electron chi connectivity index (χ0n) is 12.0. The molecule has 0 radical (unpaired) electrons. The number of aliphatic hydroxyl groups is 1. The van der Waals surface area contributed by atoms with Crippen LogP contribution in [0.4, 0.5) is 0 Å². The van der Waals surface area contributed by atoms with Gasteiger partial charge in [-0.05, 0) is 30.7 Å². The number of aryl methyl sites for hydroxylation is 1. The van der Waals surface area contributed by atoms with Crippen LogP contribution < -0.4 is 0 Å². The first-order chi connectivity index (χ1) is 9.97. The number of rotatable bonds is 3. The second-order valence-electron chi connectivity index (χ2n) is 5.55. The lowest BCUT2D eigenvalue weighted by molar-refractivity contribution is 0.0568. The smallest absolute Gasteiger partial charge is 0.0925 e. The molecule has 3 aromatic rings. The first-order valence-corrected chi connectivity index (χ1v) is 7.24. The van der Waals surface area contributed by atoms with Gasteiger partial charge in [-0.25, -0.2) is 0 Å². The lowest BCUT2D eigenvalue weighted by Crippen LogP contribution is -2.24. The summed E-state index contributed by atoms with van der Waals surface area (Å²) in [7, 11) is 1.92. The molecule has 1 atom stereocenters. The van der Waals surface area contributed by atoms with Crippen molar-refractivity contribution >= 4 is 22.5 Å². The Morgan fingerprint density at radius 1 is 1.19 bits per heavy atom. The van der Waals surface area contributed by atoms with Gasteiger partial charge in [-0.2, -0.15) is 5.10 Å². The zero-order valence-corrected chi connectivity index (χ0v) is 12.8. The molecule has 2 aromatic carbocycles. The van der Waals surface area contributed by atoms with Crippen LogP contribution in [0.3, 0.4) is 0 Å². The Balaban J connectivity index is 2.01. The van der Waals surface area contributed by atoms with Gasteiger partial charge in [0.05, 0.1) is 16.8 Å². The SMILES string of the molecule is Cn1nc(CC(C)(O)c2cccc(Cl)c2)c2ccccc21. The highest BCUT2D eigenvalue weighted by molar-refractivity contribution is 6.30. The summed E-state index contributed by atoms with van der Waals surface area (Å²) in [5, 5.41) is 17.1. The van der Waals surface area contributed by atoms with Crippen LogP contribution >= 0.6 is 11.6 Å². The molecular formula is C17H17ClN2O. The number of benzene rings is 2. The van der Waals surface area contributed by atoms with Gasteiger partial charge in [0, 0.05) is 23.9 Å². The van der Waals surface area contributed by atoms with E-state index in [1.54, 1.807) is 19.1 Å². The largest absolute Gasteiger partial charge is 0.385 e. The summed E-state index contributed by atoms with van der Waals surface area (Å²) >= 11 is 6.02. The van der Waals surface area contributed by atoms with Crippen molar-refractivity contribution in [2.24, 2.45) is 7.05 Å². The topological polar surface area (TPSA) is 38.0 Å². The molecule has 0 fully saturated rings. The molecule has 1 aromatic heterocycles. The number of halogens is 1. The molecule has 0 amide bonds. The quantitative estimate of drug-likeness (QED) is 0.801. The highest BCUT2D eigenvalue weighted by atomic mass is 35.5. The van der Waals surface area contributed by atoms with Crippen molar-refractivity contribution in [3.8, 4) is 0 Å². The maximum Gasteiger partial charge on any atom is 0.0925 e. The minimum absolute atomic E-state index is 0.439. The molecular weight excluding hydrogens is 284 g/mol. The molecule has 3 nitrogen and oxygen atoms in total. The van der Waals surface area contributed by atoms with Crippen LogP contribution in [0, 0.1) is 0 Å². The Morgan fingerprint density at radius 2 is 1.95 bits per heavy atom. The first-order valence-electron chi connectivity index (χ1n) is 6.86. The van der Waals surface area contributed by atoms with E-state index in [1.165, 1.54) is 0 Å². The van der Waals surface area contributed by atoms with Crippen LogP contribution in [0.15, 0.2) is 48.5 Å². The third kappa shape index (κ3) is 2.67. The van der Waals surface area contributed by atoms with Crippen molar-refractivity contribution in [2.75, 3.05) is 0 Å². The van der Waals surface area contributed by atoms with Crippen molar-refractivity contribution < 1.29 is 5.11 Å². The highest BCUT2D eigenvalue weighted by Gasteiger charge is 2.26. The number of hydrogen-bond acceptors (Lipinski definition) is 2. The third-order valence-corrected chi connectivity index (χ3v) is 4.03. The van der Waals surface area contributed by atoms with E-state index >= 15 is 0 Å². The van der Waals surface area contributed by atoms with E-state index in [-0.39, 0.29) is 0 Å². The Labute approximate surface area is 128 Å². The van der Waals surface area contributed by atoms with Gasteiger partial charge in [0.15, 0.2) is 0 Å². The summed E-state index contributed by atoms with van der Waals surface area (Å²) in [6, 6.07) is 15.4. The van der Waals surface area contributed by atoms with Crippen LogP contribution in [0.2, 0.25) is 5.02 Å². The maximum absolute atomic E-state index is 10.8. The first kappa shape index (κ1) is 14.1. The molecule has 0 bridgehead atoms. The van der Waals surface area contributed by atoms with Crippen LogP contribution in [0.1, 0.15) is 18.2 Å². The van der Waals surface area contributed by atoms with Crippen LogP contribution in [-0.4, -0.2) is 14.9 Å². The Bertz CT molecular complexity index is 792. The fourth-order valence-corrected chi connectivity index (χ4v) is 2.86. The van der Waals surface area contributed by atoms with E-state index in [9.17, 15) is 5.11 Å². The molecule has 1 N–H and O–H groups in total. The van der Waals surface area contributed by atoms with E-state index in [4.69, 9.17) is 11.6 Å². The number of aromatic nitrogens is 2. The van der Waals surface area contributed by atoms with Crippen LogP contribution in [-0.2, 0) is 19.1 Å². The minimum Gasteiger partial charge on any atom is -0.385 e.